The minimum atomic E-state index is -1.85. The molecule has 2 atom stereocenters. The van der Waals surface area contributed by atoms with Crippen LogP contribution in [-0.4, -0.2) is 52.4 Å². The van der Waals surface area contributed by atoms with Gasteiger partial charge < -0.3 is 15.2 Å². The van der Waals surface area contributed by atoms with E-state index in [2.05, 4.69) is 5.32 Å². The van der Waals surface area contributed by atoms with Crippen LogP contribution in [-0.2, 0) is 32.1 Å². The second-order valence-corrected chi connectivity index (χ2v) is 9.18. The number of rotatable bonds is 9. The van der Waals surface area contributed by atoms with Crippen molar-refractivity contribution in [2.75, 3.05) is 6.54 Å². The number of piperidine rings is 1. The number of amides is 2. The number of aliphatic carboxylic acids is 1. The maximum Gasteiger partial charge on any atom is 0.410 e. The monoisotopic (exact) mass is 576 g/mol. The van der Waals surface area contributed by atoms with E-state index in [0.717, 1.165) is 11.0 Å². The molecule has 1 saturated heterocycles. The minimum Gasteiger partial charge on any atom is -0.481 e. The lowest BCUT2D eigenvalue weighted by Gasteiger charge is -2.34. The Labute approximate surface area is 223 Å². The highest BCUT2D eigenvalue weighted by Crippen LogP contribution is 2.23. The first-order valence-corrected chi connectivity index (χ1v) is 12.0. The molecule has 0 bridgehead atoms. The molecule has 0 spiro atoms. The third-order valence-electron chi connectivity index (χ3n) is 6.04. The molecule has 3 rings (SSSR count). The SMILES string of the molecule is O=C(O)C[C@H](NC(=O)[C@@H]1CCCCN1C(=O)OCc1cc(Cl)ccc1F)C(=O)Cc1c(F)c(F)cc(F)c1F. The predicted molar refractivity (Wildman–Crippen MR) is 125 cm³/mol. The highest BCUT2D eigenvalue weighted by Gasteiger charge is 2.36. The lowest BCUT2D eigenvalue weighted by Crippen LogP contribution is -2.55. The lowest BCUT2D eigenvalue weighted by atomic mass is 9.98. The van der Waals surface area contributed by atoms with Crippen molar-refractivity contribution < 1.29 is 51.0 Å². The number of carboxylic acid groups (broad SMARTS) is 1. The van der Waals surface area contributed by atoms with E-state index >= 15 is 0 Å². The van der Waals surface area contributed by atoms with Crippen LogP contribution in [0.2, 0.25) is 5.02 Å². The molecular weight excluding hydrogens is 555 g/mol. The first-order chi connectivity index (χ1) is 18.4. The molecule has 2 amide bonds. The summed E-state index contributed by atoms with van der Waals surface area (Å²) in [4.78, 5) is 50.8. The van der Waals surface area contributed by atoms with Gasteiger partial charge >= 0.3 is 12.1 Å². The van der Waals surface area contributed by atoms with Crippen molar-refractivity contribution in [1.29, 1.82) is 0 Å². The summed E-state index contributed by atoms with van der Waals surface area (Å²) in [7, 11) is 0. The fraction of sp³-hybridized carbons (Fsp3) is 0.360. The quantitative estimate of drug-likeness (QED) is 0.340. The van der Waals surface area contributed by atoms with E-state index in [4.69, 9.17) is 16.3 Å². The van der Waals surface area contributed by atoms with E-state index in [0.29, 0.717) is 12.8 Å². The average Bonchev–Trinajstić information content (AvgIpc) is 2.89. The fourth-order valence-electron chi connectivity index (χ4n) is 4.06. The first kappa shape index (κ1) is 29.8. The van der Waals surface area contributed by atoms with Crippen LogP contribution in [0.15, 0.2) is 24.3 Å². The average molecular weight is 577 g/mol. The molecule has 0 saturated carbocycles. The molecule has 0 unspecified atom stereocenters. The Hall–Kier alpha value is -3.74. The second kappa shape index (κ2) is 12.9. The molecule has 2 aromatic rings. The fourth-order valence-corrected chi connectivity index (χ4v) is 4.26. The normalized spacial score (nSPS) is 15.9. The van der Waals surface area contributed by atoms with Gasteiger partial charge in [0.1, 0.15) is 18.5 Å². The van der Waals surface area contributed by atoms with Gasteiger partial charge in [0.05, 0.1) is 12.5 Å². The molecule has 2 N–H and O–H groups in total. The van der Waals surface area contributed by atoms with Gasteiger partial charge in [-0.1, -0.05) is 11.6 Å². The number of hydrogen-bond donors (Lipinski definition) is 2. The van der Waals surface area contributed by atoms with Gasteiger partial charge in [-0.3, -0.25) is 19.3 Å². The molecule has 1 aliphatic heterocycles. The molecule has 0 aliphatic carbocycles. The van der Waals surface area contributed by atoms with Crippen LogP contribution in [0.5, 0.6) is 0 Å². The van der Waals surface area contributed by atoms with Crippen LogP contribution in [0.25, 0.3) is 0 Å². The van der Waals surface area contributed by atoms with Crippen LogP contribution in [0.3, 0.4) is 0 Å². The van der Waals surface area contributed by atoms with Gasteiger partial charge in [-0.05, 0) is 37.5 Å². The van der Waals surface area contributed by atoms with E-state index in [1.54, 1.807) is 0 Å². The summed E-state index contributed by atoms with van der Waals surface area (Å²) in [5.74, 6) is -11.6. The Morgan fingerprint density at radius 3 is 2.33 bits per heavy atom. The summed E-state index contributed by atoms with van der Waals surface area (Å²) in [6.45, 7) is -0.455. The maximum absolute atomic E-state index is 14.0. The zero-order valence-corrected chi connectivity index (χ0v) is 20.9. The molecule has 1 heterocycles. The van der Waals surface area contributed by atoms with Crippen molar-refractivity contribution >= 4 is 35.4 Å². The van der Waals surface area contributed by atoms with Crippen molar-refractivity contribution in [3.63, 3.8) is 0 Å². The Bertz CT molecular complexity index is 1270. The van der Waals surface area contributed by atoms with Gasteiger partial charge in [0.2, 0.25) is 5.91 Å². The molecule has 8 nitrogen and oxygen atoms in total. The number of carbonyl (C=O) groups excluding carboxylic acids is 3. The Kier molecular flexibility index (Phi) is 9.84. The molecule has 0 radical (unpaired) electrons. The number of benzene rings is 2. The number of hydrogen-bond acceptors (Lipinski definition) is 5. The lowest BCUT2D eigenvalue weighted by molar-refractivity contribution is -0.140. The zero-order chi connectivity index (χ0) is 28.9. The van der Waals surface area contributed by atoms with Gasteiger partial charge in [-0.15, -0.1) is 0 Å². The van der Waals surface area contributed by atoms with Gasteiger partial charge in [0.15, 0.2) is 29.1 Å². The van der Waals surface area contributed by atoms with Crippen molar-refractivity contribution in [3.05, 3.63) is 69.5 Å². The number of carbonyl (C=O) groups is 4. The van der Waals surface area contributed by atoms with E-state index in [-0.39, 0.29) is 29.6 Å². The Morgan fingerprint density at radius 1 is 1.03 bits per heavy atom. The number of nitrogens with one attached hydrogen (secondary N) is 1. The van der Waals surface area contributed by atoms with Gasteiger partial charge in [0, 0.05) is 35.2 Å². The molecule has 14 heteroatoms. The number of Topliss-reactive ketones (excluding diaryl/α,β-unsaturated/α-hetero) is 1. The number of likely N-dealkylation sites (tertiary alicyclic amines) is 1. The summed E-state index contributed by atoms with van der Waals surface area (Å²) < 4.78 is 74.2. The molecule has 2 aromatic carbocycles. The first-order valence-electron chi connectivity index (χ1n) is 11.6. The zero-order valence-electron chi connectivity index (χ0n) is 20.1. The molecule has 39 heavy (non-hydrogen) atoms. The minimum absolute atomic E-state index is 0.0192. The van der Waals surface area contributed by atoms with Crippen molar-refractivity contribution in [2.45, 2.75) is 50.8 Å². The summed E-state index contributed by atoms with van der Waals surface area (Å²) in [5.41, 5.74) is -1.28. The van der Waals surface area contributed by atoms with Crippen LogP contribution in [0.4, 0.5) is 26.7 Å². The highest BCUT2D eigenvalue weighted by atomic mass is 35.5. The second-order valence-electron chi connectivity index (χ2n) is 8.74. The van der Waals surface area contributed by atoms with Crippen LogP contribution >= 0.6 is 11.6 Å². The number of ketones is 1. The van der Waals surface area contributed by atoms with Crippen molar-refractivity contribution in [2.24, 2.45) is 0 Å². The third-order valence-corrected chi connectivity index (χ3v) is 6.27. The van der Waals surface area contributed by atoms with Crippen molar-refractivity contribution in [3.8, 4) is 0 Å². The standard InChI is InChI=1S/C25H22ClF5N2O6/c26-13-4-5-15(27)12(7-13)11-39-25(38)33-6-2-1-3-19(33)24(37)32-18(10-21(35)36)20(34)8-14-22(30)16(28)9-17(29)23(14)31/h4-5,7,9,18-19H,1-3,6,8,10-11H2,(H,32,37)(H,35,36)/t18-,19-/m0/s1. The number of nitrogens with zero attached hydrogens (tertiary/aromatic N) is 1. The maximum atomic E-state index is 14.0. The van der Waals surface area contributed by atoms with Gasteiger partial charge in [0.25, 0.3) is 0 Å². The molecule has 1 fully saturated rings. The topological polar surface area (TPSA) is 113 Å². The Morgan fingerprint density at radius 2 is 1.69 bits per heavy atom. The van der Waals surface area contributed by atoms with Crippen LogP contribution in [0.1, 0.15) is 36.8 Å². The number of carboxylic acids is 1. The summed E-state index contributed by atoms with van der Waals surface area (Å²) in [6.07, 6.45) is -2.22. The van der Waals surface area contributed by atoms with E-state index in [1.807, 2.05) is 0 Å². The van der Waals surface area contributed by atoms with E-state index in [1.165, 1.54) is 12.1 Å². The summed E-state index contributed by atoms with van der Waals surface area (Å²) in [6, 6.07) is 0.517. The molecule has 210 valence electrons. The summed E-state index contributed by atoms with van der Waals surface area (Å²) in [5, 5.41) is 11.5. The Balaban J connectivity index is 1.74. The summed E-state index contributed by atoms with van der Waals surface area (Å²) >= 11 is 5.82. The predicted octanol–water partition coefficient (Wildman–Crippen LogP) is 4.30. The largest absolute Gasteiger partial charge is 0.481 e. The van der Waals surface area contributed by atoms with Gasteiger partial charge in [-0.25, -0.2) is 26.7 Å². The number of ether oxygens (including phenoxy) is 1. The van der Waals surface area contributed by atoms with E-state index < -0.39 is 89.9 Å². The highest BCUT2D eigenvalue weighted by molar-refractivity contribution is 6.30. The number of halogens is 6. The smallest absolute Gasteiger partial charge is 0.410 e. The van der Waals surface area contributed by atoms with E-state index in [9.17, 15) is 46.2 Å². The third kappa shape index (κ3) is 7.43. The molecule has 1 aliphatic rings. The van der Waals surface area contributed by atoms with Crippen molar-refractivity contribution in [1.82, 2.24) is 10.2 Å². The van der Waals surface area contributed by atoms with Crippen LogP contribution in [0, 0.1) is 29.1 Å². The molecule has 0 aromatic heterocycles. The molecular formula is C25H22ClF5N2O6. The van der Waals surface area contributed by atoms with Gasteiger partial charge in [-0.2, -0.15) is 0 Å². The van der Waals surface area contributed by atoms with Crippen LogP contribution < -0.4 is 5.32 Å².